The van der Waals surface area contributed by atoms with Crippen molar-refractivity contribution >= 4 is 32.3 Å². The zero-order valence-corrected chi connectivity index (χ0v) is 32.6. The van der Waals surface area contributed by atoms with Crippen LogP contribution in [0.4, 0.5) is 0 Å². The van der Waals surface area contributed by atoms with Gasteiger partial charge in [0.05, 0.1) is 5.41 Å². The van der Waals surface area contributed by atoms with Gasteiger partial charge in [0.1, 0.15) is 0 Å². The first-order valence-corrected chi connectivity index (χ1v) is 20.5. The van der Waals surface area contributed by atoms with E-state index in [1.165, 1.54) is 110 Å². The van der Waals surface area contributed by atoms with Crippen molar-refractivity contribution < 1.29 is 0 Å². The van der Waals surface area contributed by atoms with Crippen LogP contribution in [0.3, 0.4) is 0 Å². The molecule has 0 saturated heterocycles. The van der Waals surface area contributed by atoms with Crippen molar-refractivity contribution in [2.24, 2.45) is 0 Å². The lowest BCUT2D eigenvalue weighted by Gasteiger charge is -2.34. The normalized spacial score (nSPS) is 14.3. The Kier molecular flexibility index (Phi) is 7.00. The smallest absolute Gasteiger partial charge is 0.0622 e. The summed E-state index contributed by atoms with van der Waals surface area (Å²) in [5.41, 5.74) is 17.7. The van der Waals surface area contributed by atoms with Gasteiger partial charge in [-0.25, -0.2) is 0 Å². The number of hydrogen-bond acceptors (Lipinski definition) is 0. The van der Waals surface area contributed by atoms with Crippen molar-refractivity contribution in [3.8, 4) is 44.5 Å². The minimum Gasteiger partial charge on any atom is -0.0622 e. The van der Waals surface area contributed by atoms with Gasteiger partial charge in [-0.05, 0) is 141 Å². The molecule has 0 unspecified atom stereocenters. The zero-order chi connectivity index (χ0) is 38.6. The molecule has 2 aliphatic carbocycles. The Labute approximate surface area is 339 Å². The molecule has 272 valence electrons. The largest absolute Gasteiger partial charge is 0.0713 e. The van der Waals surface area contributed by atoms with E-state index < -0.39 is 5.41 Å². The van der Waals surface area contributed by atoms with Crippen LogP contribution in [0.15, 0.2) is 206 Å². The van der Waals surface area contributed by atoms with Gasteiger partial charge in [0.2, 0.25) is 0 Å². The fraction of sp³-hybridized carbons (Fsp3) is 0.0690. The number of benzene rings is 10. The predicted octanol–water partition coefficient (Wildman–Crippen LogP) is 15.1. The van der Waals surface area contributed by atoms with Crippen molar-refractivity contribution in [3.63, 3.8) is 0 Å². The molecule has 10 aromatic carbocycles. The van der Waals surface area contributed by atoms with E-state index in [0.717, 1.165) is 0 Å². The van der Waals surface area contributed by atoms with Gasteiger partial charge in [0, 0.05) is 5.41 Å². The Balaban J connectivity index is 0.951. The Hall–Kier alpha value is -7.02. The minimum atomic E-state index is -0.413. The molecule has 0 amide bonds. The summed E-state index contributed by atoms with van der Waals surface area (Å²) >= 11 is 0. The van der Waals surface area contributed by atoms with Gasteiger partial charge in [0.25, 0.3) is 0 Å². The lowest BCUT2D eigenvalue weighted by Crippen LogP contribution is -2.28. The van der Waals surface area contributed by atoms with Gasteiger partial charge >= 0.3 is 0 Å². The summed E-state index contributed by atoms with van der Waals surface area (Å²) < 4.78 is 0. The van der Waals surface area contributed by atoms with E-state index in [1.807, 2.05) is 0 Å². The van der Waals surface area contributed by atoms with Gasteiger partial charge in [0.15, 0.2) is 0 Å². The second kappa shape index (κ2) is 12.2. The molecular weight excluding hydrogens is 697 g/mol. The van der Waals surface area contributed by atoms with E-state index in [1.54, 1.807) is 0 Å². The number of fused-ring (bicyclic) bond motifs is 4. The lowest BCUT2D eigenvalue weighted by molar-refractivity contribution is 0.663. The topological polar surface area (TPSA) is 0 Å². The monoisotopic (exact) mass is 736 g/mol. The van der Waals surface area contributed by atoms with Gasteiger partial charge in [-0.2, -0.15) is 0 Å². The summed E-state index contributed by atoms with van der Waals surface area (Å²) in [6, 6.07) is 77.3. The highest BCUT2D eigenvalue weighted by molar-refractivity contribution is 6.17. The Bertz CT molecular complexity index is 3230. The molecule has 0 aliphatic heterocycles. The van der Waals surface area contributed by atoms with Crippen molar-refractivity contribution in [3.05, 3.63) is 240 Å². The molecule has 0 bridgehead atoms. The van der Waals surface area contributed by atoms with Gasteiger partial charge in [-0.3, -0.25) is 0 Å². The first-order chi connectivity index (χ1) is 28.5. The van der Waals surface area contributed by atoms with Gasteiger partial charge in [-0.1, -0.05) is 190 Å². The lowest BCUT2D eigenvalue weighted by atomic mass is 9.67. The van der Waals surface area contributed by atoms with E-state index in [2.05, 4.69) is 220 Å². The van der Waals surface area contributed by atoms with E-state index in [4.69, 9.17) is 0 Å². The molecule has 12 rings (SSSR count). The second-order valence-corrected chi connectivity index (χ2v) is 16.8. The maximum atomic E-state index is 2.47. The van der Waals surface area contributed by atoms with Gasteiger partial charge in [-0.15, -0.1) is 0 Å². The fourth-order valence-corrected chi connectivity index (χ4v) is 10.7. The van der Waals surface area contributed by atoms with E-state index >= 15 is 0 Å². The van der Waals surface area contributed by atoms with Crippen molar-refractivity contribution in [1.29, 1.82) is 0 Å². The summed E-state index contributed by atoms with van der Waals surface area (Å²) in [5, 5.41) is 8.02. The molecule has 0 heteroatoms. The van der Waals surface area contributed by atoms with Crippen LogP contribution in [-0.2, 0) is 10.8 Å². The third-order valence-electron chi connectivity index (χ3n) is 13.5. The number of rotatable bonds is 5. The molecule has 0 spiro atoms. The summed E-state index contributed by atoms with van der Waals surface area (Å²) in [6.45, 7) is 4.82. The molecule has 0 saturated carbocycles. The van der Waals surface area contributed by atoms with Crippen LogP contribution >= 0.6 is 0 Å². The molecule has 0 nitrogen and oxygen atoms in total. The number of hydrogen-bond donors (Lipinski definition) is 0. The summed E-state index contributed by atoms with van der Waals surface area (Å²) in [6.07, 6.45) is 0. The average Bonchev–Trinajstić information content (AvgIpc) is 3.71. The van der Waals surface area contributed by atoms with Crippen LogP contribution in [0.25, 0.3) is 76.8 Å². The highest BCUT2D eigenvalue weighted by Gasteiger charge is 2.46. The highest BCUT2D eigenvalue weighted by atomic mass is 14.5. The first-order valence-electron chi connectivity index (χ1n) is 20.5. The molecule has 0 atom stereocenters. The zero-order valence-electron chi connectivity index (χ0n) is 32.6. The van der Waals surface area contributed by atoms with Crippen molar-refractivity contribution in [2.45, 2.75) is 24.7 Å². The third-order valence-corrected chi connectivity index (χ3v) is 13.5. The van der Waals surface area contributed by atoms with Crippen LogP contribution in [-0.4, -0.2) is 0 Å². The van der Waals surface area contributed by atoms with E-state index in [0.29, 0.717) is 0 Å². The Morgan fingerprint density at radius 3 is 1.50 bits per heavy atom. The molecule has 58 heavy (non-hydrogen) atoms. The molecule has 0 radical (unpaired) electrons. The van der Waals surface area contributed by atoms with Crippen molar-refractivity contribution in [1.82, 2.24) is 0 Å². The highest BCUT2D eigenvalue weighted by Crippen LogP contribution is 2.57. The maximum absolute atomic E-state index is 2.47. The Morgan fingerprint density at radius 2 is 0.793 bits per heavy atom. The van der Waals surface area contributed by atoms with Gasteiger partial charge < -0.3 is 0 Å². The predicted molar refractivity (Wildman–Crippen MR) is 245 cm³/mol. The summed E-state index contributed by atoms with van der Waals surface area (Å²) in [4.78, 5) is 0. The minimum absolute atomic E-state index is 0.136. The van der Waals surface area contributed by atoms with Crippen LogP contribution in [0.5, 0.6) is 0 Å². The SMILES string of the molecule is CC1(C)c2cc(-c3ccc(-c4ccc5c(c4)C(c4ccccc4)(c4ccccc4)c4ccccc4-5)cc3)cc3ccc4cc(-c5cccc6ccccc56)cc1c4c23. The standard InChI is InChI=1S/C58H40/c1-57(2)53-35-43(32-41-28-29-42-33-44(36-54(57)56(42)55(41)53)48-22-13-15-39-14-9-10-20-47(39)48)38-26-24-37(25-27-38)40-30-31-50-49-21-11-12-23-51(49)58(52(50)34-40,45-16-5-3-6-17-45)46-18-7-4-8-19-46/h3-36H,1-2H3. The molecule has 10 aromatic rings. The quantitative estimate of drug-likeness (QED) is 0.154. The van der Waals surface area contributed by atoms with E-state index in [9.17, 15) is 0 Å². The van der Waals surface area contributed by atoms with E-state index in [-0.39, 0.29) is 5.41 Å². The Morgan fingerprint density at radius 1 is 0.293 bits per heavy atom. The summed E-state index contributed by atoms with van der Waals surface area (Å²) in [5.74, 6) is 0. The molecule has 2 aliphatic rings. The fourth-order valence-electron chi connectivity index (χ4n) is 10.7. The molecule has 0 fully saturated rings. The molecule has 0 heterocycles. The summed E-state index contributed by atoms with van der Waals surface area (Å²) in [7, 11) is 0. The maximum Gasteiger partial charge on any atom is 0.0713 e. The van der Waals surface area contributed by atoms with Crippen molar-refractivity contribution in [2.75, 3.05) is 0 Å². The third kappa shape index (κ3) is 4.58. The molecular formula is C58H40. The van der Waals surface area contributed by atoms with Crippen LogP contribution < -0.4 is 0 Å². The first kappa shape index (κ1) is 33.2. The average molecular weight is 737 g/mol. The molecule has 0 N–H and O–H groups in total. The second-order valence-electron chi connectivity index (χ2n) is 16.8. The molecule has 0 aromatic heterocycles. The van der Waals surface area contributed by atoms with Crippen LogP contribution in [0.2, 0.25) is 0 Å². The van der Waals surface area contributed by atoms with Crippen LogP contribution in [0.1, 0.15) is 47.2 Å². The van der Waals surface area contributed by atoms with Crippen LogP contribution in [0, 0.1) is 0 Å².